The van der Waals surface area contributed by atoms with Crippen LogP contribution in [-0.2, 0) is 22.6 Å². The predicted octanol–water partition coefficient (Wildman–Crippen LogP) is 3.87. The number of carbonyl (C=O) groups excluding carboxylic acids is 2. The van der Waals surface area contributed by atoms with Crippen molar-refractivity contribution < 1.29 is 9.59 Å². The maximum atomic E-state index is 13.0. The number of rotatable bonds is 6. The number of hydrogen-bond acceptors (Lipinski definition) is 2. The van der Waals surface area contributed by atoms with Gasteiger partial charge in [0.2, 0.25) is 11.8 Å². The van der Waals surface area contributed by atoms with Gasteiger partial charge in [-0.15, -0.1) is 0 Å². The molecule has 4 nitrogen and oxygen atoms in total. The molecule has 0 heterocycles. The molecule has 0 fully saturated rings. The first-order valence-electron chi connectivity index (χ1n) is 9.37. The maximum Gasteiger partial charge on any atom is 0.242 e. The summed E-state index contributed by atoms with van der Waals surface area (Å²) in [4.78, 5) is 27.4. The Morgan fingerprint density at radius 3 is 2.11 bits per heavy atom. The largest absolute Gasteiger partial charge is 0.350 e. The number of nitrogens with zero attached hydrogens (tertiary/aromatic N) is 1. The summed E-state index contributed by atoms with van der Waals surface area (Å²) < 4.78 is 0. The molecule has 2 aromatic rings. The molecule has 144 valence electrons. The van der Waals surface area contributed by atoms with Gasteiger partial charge in [0.25, 0.3) is 0 Å². The highest BCUT2D eigenvalue weighted by Crippen LogP contribution is 2.14. The van der Waals surface area contributed by atoms with Gasteiger partial charge in [-0.25, -0.2) is 0 Å². The number of carbonyl (C=O) groups is 2. The van der Waals surface area contributed by atoms with Crippen LogP contribution in [0.2, 0.25) is 0 Å². The van der Waals surface area contributed by atoms with Gasteiger partial charge >= 0.3 is 0 Å². The zero-order chi connectivity index (χ0) is 20.0. The van der Waals surface area contributed by atoms with E-state index in [4.69, 9.17) is 0 Å². The lowest BCUT2D eigenvalue weighted by atomic mass is 10.1. The molecular formula is C23H30N2O2. The number of aryl methyl sites for hydroxylation is 1. The van der Waals surface area contributed by atoms with Crippen LogP contribution in [0.5, 0.6) is 0 Å². The first-order chi connectivity index (χ1) is 12.7. The molecule has 4 heteroatoms. The van der Waals surface area contributed by atoms with Crippen LogP contribution in [0.3, 0.4) is 0 Å². The van der Waals surface area contributed by atoms with Crippen LogP contribution < -0.4 is 5.32 Å². The first kappa shape index (κ1) is 20.7. The molecule has 0 saturated heterocycles. The molecule has 2 amide bonds. The SMILES string of the molecule is Cc1ccc(CN(C(=O)Cc2ccccc2)C(C)C(=O)NC(C)(C)C)cc1. The molecule has 1 atom stereocenters. The van der Waals surface area contributed by atoms with Gasteiger partial charge in [0.15, 0.2) is 0 Å². The summed E-state index contributed by atoms with van der Waals surface area (Å²) in [6, 6.07) is 17.1. The van der Waals surface area contributed by atoms with Crippen molar-refractivity contribution in [1.29, 1.82) is 0 Å². The van der Waals surface area contributed by atoms with E-state index < -0.39 is 6.04 Å². The van der Waals surface area contributed by atoms with E-state index in [-0.39, 0.29) is 23.8 Å². The molecule has 0 aliphatic rings. The van der Waals surface area contributed by atoms with Crippen molar-refractivity contribution in [1.82, 2.24) is 10.2 Å². The molecule has 2 aromatic carbocycles. The molecule has 0 bridgehead atoms. The van der Waals surface area contributed by atoms with E-state index in [9.17, 15) is 9.59 Å². The Morgan fingerprint density at radius 2 is 1.56 bits per heavy atom. The average Bonchev–Trinajstić information content (AvgIpc) is 2.60. The summed E-state index contributed by atoms with van der Waals surface area (Å²) in [5.74, 6) is -0.200. The van der Waals surface area contributed by atoms with Gasteiger partial charge in [-0.05, 0) is 45.7 Å². The second-order valence-corrected chi connectivity index (χ2v) is 8.08. The molecule has 0 aliphatic carbocycles. The third kappa shape index (κ3) is 6.55. The first-order valence-corrected chi connectivity index (χ1v) is 9.37. The van der Waals surface area contributed by atoms with Gasteiger partial charge in [0.05, 0.1) is 6.42 Å². The van der Waals surface area contributed by atoms with Gasteiger partial charge in [0.1, 0.15) is 6.04 Å². The number of benzene rings is 2. The zero-order valence-corrected chi connectivity index (χ0v) is 17.0. The average molecular weight is 367 g/mol. The molecule has 2 rings (SSSR count). The van der Waals surface area contributed by atoms with Crippen LogP contribution in [0.1, 0.15) is 44.4 Å². The number of hydrogen-bond donors (Lipinski definition) is 1. The van der Waals surface area contributed by atoms with Crippen LogP contribution in [0, 0.1) is 6.92 Å². The quantitative estimate of drug-likeness (QED) is 0.844. The monoisotopic (exact) mass is 366 g/mol. The third-order valence-corrected chi connectivity index (χ3v) is 4.34. The Labute approximate surface area is 162 Å². The van der Waals surface area contributed by atoms with Crippen molar-refractivity contribution in [3.05, 3.63) is 71.3 Å². The lowest BCUT2D eigenvalue weighted by Crippen LogP contribution is -2.52. The normalized spacial score (nSPS) is 12.3. The standard InChI is InChI=1S/C23H30N2O2/c1-17-11-13-20(14-12-17)16-25(18(2)22(27)24-23(3,4)5)21(26)15-19-9-7-6-8-10-19/h6-14,18H,15-16H2,1-5H3,(H,24,27). The van der Waals surface area contributed by atoms with Gasteiger partial charge in [-0.3, -0.25) is 9.59 Å². The van der Waals surface area contributed by atoms with E-state index in [1.165, 1.54) is 5.56 Å². The van der Waals surface area contributed by atoms with Crippen molar-refractivity contribution in [3.63, 3.8) is 0 Å². The second-order valence-electron chi connectivity index (χ2n) is 8.08. The van der Waals surface area contributed by atoms with Crippen LogP contribution in [0.4, 0.5) is 0 Å². The summed E-state index contributed by atoms with van der Waals surface area (Å²) in [5, 5.41) is 2.98. The van der Waals surface area contributed by atoms with Crippen molar-refractivity contribution >= 4 is 11.8 Å². The van der Waals surface area contributed by atoms with Gasteiger partial charge in [-0.1, -0.05) is 60.2 Å². The molecule has 0 aliphatic heterocycles. The van der Waals surface area contributed by atoms with Crippen molar-refractivity contribution in [2.75, 3.05) is 0 Å². The lowest BCUT2D eigenvalue weighted by Gasteiger charge is -2.31. The minimum Gasteiger partial charge on any atom is -0.350 e. The Kier molecular flexibility index (Phi) is 6.78. The fraction of sp³-hybridized carbons (Fsp3) is 0.391. The molecule has 0 saturated carbocycles. The lowest BCUT2D eigenvalue weighted by molar-refractivity contribution is -0.140. The second kappa shape index (κ2) is 8.85. The van der Waals surface area contributed by atoms with Crippen LogP contribution in [0.15, 0.2) is 54.6 Å². The molecule has 1 unspecified atom stereocenters. The Bertz CT molecular complexity index is 761. The van der Waals surface area contributed by atoms with Crippen LogP contribution in [0.25, 0.3) is 0 Å². The predicted molar refractivity (Wildman–Crippen MR) is 109 cm³/mol. The molecular weight excluding hydrogens is 336 g/mol. The van der Waals surface area contributed by atoms with Crippen LogP contribution in [-0.4, -0.2) is 28.3 Å². The summed E-state index contributed by atoms with van der Waals surface area (Å²) in [6.45, 7) is 10.0. The fourth-order valence-electron chi connectivity index (χ4n) is 2.82. The van der Waals surface area contributed by atoms with E-state index in [1.54, 1.807) is 11.8 Å². The molecule has 0 radical (unpaired) electrons. The fourth-order valence-corrected chi connectivity index (χ4v) is 2.82. The van der Waals surface area contributed by atoms with E-state index in [0.29, 0.717) is 6.54 Å². The summed E-state index contributed by atoms with van der Waals surface area (Å²) >= 11 is 0. The van der Waals surface area contributed by atoms with Crippen LogP contribution >= 0.6 is 0 Å². The van der Waals surface area contributed by atoms with E-state index in [0.717, 1.165) is 11.1 Å². The number of amides is 2. The highest BCUT2D eigenvalue weighted by atomic mass is 16.2. The summed E-state index contributed by atoms with van der Waals surface area (Å²) in [6.07, 6.45) is 0.278. The minimum atomic E-state index is -0.554. The maximum absolute atomic E-state index is 13.0. The highest BCUT2D eigenvalue weighted by Gasteiger charge is 2.28. The summed E-state index contributed by atoms with van der Waals surface area (Å²) in [7, 11) is 0. The van der Waals surface area contributed by atoms with E-state index >= 15 is 0 Å². The van der Waals surface area contributed by atoms with Gasteiger partial charge < -0.3 is 10.2 Å². The van der Waals surface area contributed by atoms with E-state index in [2.05, 4.69) is 5.32 Å². The number of nitrogens with one attached hydrogen (secondary N) is 1. The zero-order valence-electron chi connectivity index (χ0n) is 17.0. The minimum absolute atomic E-state index is 0.0571. The highest BCUT2D eigenvalue weighted by molar-refractivity contribution is 5.88. The third-order valence-electron chi connectivity index (χ3n) is 4.34. The molecule has 27 heavy (non-hydrogen) atoms. The van der Waals surface area contributed by atoms with Crippen molar-refractivity contribution in [3.8, 4) is 0 Å². The van der Waals surface area contributed by atoms with Crippen molar-refractivity contribution in [2.45, 2.75) is 59.2 Å². The van der Waals surface area contributed by atoms with Crippen molar-refractivity contribution in [2.24, 2.45) is 0 Å². The Morgan fingerprint density at radius 1 is 0.963 bits per heavy atom. The molecule has 1 N–H and O–H groups in total. The Hall–Kier alpha value is -2.62. The summed E-state index contributed by atoms with van der Waals surface area (Å²) in [5.41, 5.74) is 2.78. The Balaban J connectivity index is 2.22. The smallest absolute Gasteiger partial charge is 0.242 e. The molecule has 0 aromatic heterocycles. The van der Waals surface area contributed by atoms with Gasteiger partial charge in [0, 0.05) is 12.1 Å². The van der Waals surface area contributed by atoms with Gasteiger partial charge in [-0.2, -0.15) is 0 Å². The molecule has 0 spiro atoms. The van der Waals surface area contributed by atoms with E-state index in [1.807, 2.05) is 82.3 Å². The topological polar surface area (TPSA) is 49.4 Å².